The standard InChI is InChI=1S/C17H15F2N5OS/c1-10-7-14-21-22-17(26-9-15-20-5-6-23(15)16(18)19)24(14)13-8-11(25-2)3-4-12(10)13/h3-8,16H,9H2,1-2H3. The van der Waals surface area contributed by atoms with Gasteiger partial charge in [0.05, 0.1) is 18.4 Å². The molecular weight excluding hydrogens is 360 g/mol. The van der Waals surface area contributed by atoms with Crippen molar-refractivity contribution in [1.82, 2.24) is 24.1 Å². The largest absolute Gasteiger partial charge is 0.497 e. The normalized spacial score (nSPS) is 11.7. The monoisotopic (exact) mass is 375 g/mol. The van der Waals surface area contributed by atoms with Gasteiger partial charge in [0.1, 0.15) is 11.6 Å². The summed E-state index contributed by atoms with van der Waals surface area (Å²) in [6.07, 6.45) is 2.64. The molecule has 4 aromatic rings. The maximum Gasteiger partial charge on any atom is 0.319 e. The lowest BCUT2D eigenvalue weighted by Gasteiger charge is -2.09. The van der Waals surface area contributed by atoms with Gasteiger partial charge in [-0.05, 0) is 30.7 Å². The fraction of sp³-hybridized carbons (Fsp3) is 0.235. The van der Waals surface area contributed by atoms with Crippen LogP contribution in [0.1, 0.15) is 17.9 Å². The fourth-order valence-electron chi connectivity index (χ4n) is 2.89. The fourth-order valence-corrected chi connectivity index (χ4v) is 3.79. The molecule has 134 valence electrons. The zero-order chi connectivity index (χ0) is 18.3. The minimum atomic E-state index is -2.61. The molecule has 0 spiro atoms. The van der Waals surface area contributed by atoms with Crippen LogP contribution in [-0.4, -0.2) is 31.3 Å². The Hall–Kier alpha value is -2.68. The summed E-state index contributed by atoms with van der Waals surface area (Å²) in [7, 11) is 1.61. The maximum absolute atomic E-state index is 13.0. The SMILES string of the molecule is COc1ccc2c(C)cc3nnc(SCc4nccn4C(F)F)n3c2c1. The summed E-state index contributed by atoms with van der Waals surface area (Å²) in [5.74, 6) is 1.27. The molecule has 0 saturated carbocycles. The minimum Gasteiger partial charge on any atom is -0.497 e. The average molecular weight is 375 g/mol. The van der Waals surface area contributed by atoms with Crippen LogP contribution in [0.15, 0.2) is 41.8 Å². The summed E-state index contributed by atoms with van der Waals surface area (Å²) in [6, 6.07) is 7.76. The highest BCUT2D eigenvalue weighted by atomic mass is 32.2. The van der Waals surface area contributed by atoms with Crippen molar-refractivity contribution in [2.24, 2.45) is 0 Å². The number of hydrogen-bond donors (Lipinski definition) is 0. The van der Waals surface area contributed by atoms with Crippen molar-refractivity contribution < 1.29 is 13.5 Å². The van der Waals surface area contributed by atoms with E-state index in [1.165, 1.54) is 24.2 Å². The highest BCUT2D eigenvalue weighted by molar-refractivity contribution is 7.98. The van der Waals surface area contributed by atoms with E-state index in [1.54, 1.807) is 7.11 Å². The van der Waals surface area contributed by atoms with Crippen molar-refractivity contribution in [2.75, 3.05) is 7.11 Å². The second-order valence-corrected chi connectivity index (χ2v) is 6.65. The number of ether oxygens (including phenoxy) is 1. The number of pyridine rings is 1. The van der Waals surface area contributed by atoms with E-state index in [1.807, 2.05) is 35.6 Å². The molecule has 6 nitrogen and oxygen atoms in total. The van der Waals surface area contributed by atoms with E-state index in [0.717, 1.165) is 26.8 Å². The van der Waals surface area contributed by atoms with Crippen LogP contribution in [-0.2, 0) is 5.75 Å². The number of aromatic nitrogens is 5. The number of rotatable bonds is 5. The number of aryl methyl sites for hydroxylation is 1. The molecule has 4 rings (SSSR count). The average Bonchev–Trinajstić information content (AvgIpc) is 3.26. The van der Waals surface area contributed by atoms with E-state index in [-0.39, 0.29) is 11.6 Å². The lowest BCUT2D eigenvalue weighted by atomic mass is 10.1. The quantitative estimate of drug-likeness (QED) is 0.492. The molecule has 3 heterocycles. The molecule has 9 heteroatoms. The van der Waals surface area contributed by atoms with Gasteiger partial charge in [-0.25, -0.2) is 4.98 Å². The highest BCUT2D eigenvalue weighted by Crippen LogP contribution is 2.30. The lowest BCUT2D eigenvalue weighted by Crippen LogP contribution is -2.02. The van der Waals surface area contributed by atoms with Crippen molar-refractivity contribution in [2.45, 2.75) is 24.4 Å². The second-order valence-electron chi connectivity index (χ2n) is 5.70. The van der Waals surface area contributed by atoms with Crippen molar-refractivity contribution in [3.05, 3.63) is 48.0 Å². The van der Waals surface area contributed by atoms with Crippen LogP contribution < -0.4 is 4.74 Å². The predicted molar refractivity (Wildman–Crippen MR) is 94.8 cm³/mol. The van der Waals surface area contributed by atoms with Crippen LogP contribution >= 0.6 is 11.8 Å². The highest BCUT2D eigenvalue weighted by Gasteiger charge is 2.15. The molecule has 26 heavy (non-hydrogen) atoms. The Morgan fingerprint density at radius 3 is 2.85 bits per heavy atom. The number of imidazole rings is 1. The van der Waals surface area contributed by atoms with Crippen LogP contribution in [0.3, 0.4) is 0 Å². The van der Waals surface area contributed by atoms with Gasteiger partial charge in [-0.2, -0.15) is 8.78 Å². The minimum absolute atomic E-state index is 0.261. The number of alkyl halides is 2. The van der Waals surface area contributed by atoms with Crippen molar-refractivity contribution >= 4 is 28.3 Å². The van der Waals surface area contributed by atoms with E-state index >= 15 is 0 Å². The smallest absolute Gasteiger partial charge is 0.319 e. The third-order valence-corrected chi connectivity index (χ3v) is 5.09. The van der Waals surface area contributed by atoms with Gasteiger partial charge in [0.2, 0.25) is 0 Å². The van der Waals surface area contributed by atoms with E-state index in [0.29, 0.717) is 10.8 Å². The Morgan fingerprint density at radius 2 is 2.08 bits per heavy atom. The van der Waals surface area contributed by atoms with Gasteiger partial charge < -0.3 is 4.74 Å². The molecular formula is C17H15F2N5OS. The Balaban J connectivity index is 1.78. The van der Waals surface area contributed by atoms with Gasteiger partial charge in [-0.15, -0.1) is 10.2 Å². The first-order chi connectivity index (χ1) is 12.6. The molecule has 0 fully saturated rings. The Bertz CT molecular complexity index is 1090. The first kappa shape index (κ1) is 16.8. The summed E-state index contributed by atoms with van der Waals surface area (Å²) < 4.78 is 34.1. The summed E-state index contributed by atoms with van der Waals surface area (Å²) in [5.41, 5.74) is 2.68. The number of fused-ring (bicyclic) bond motifs is 3. The second kappa shape index (κ2) is 6.56. The van der Waals surface area contributed by atoms with E-state index in [4.69, 9.17) is 4.74 Å². The molecule has 0 aliphatic heterocycles. The van der Waals surface area contributed by atoms with Gasteiger partial charge in [-0.1, -0.05) is 11.8 Å². The van der Waals surface area contributed by atoms with Crippen LogP contribution in [0, 0.1) is 6.92 Å². The van der Waals surface area contributed by atoms with Gasteiger partial charge in [0.25, 0.3) is 0 Å². The first-order valence-electron chi connectivity index (χ1n) is 7.83. The summed E-state index contributed by atoms with van der Waals surface area (Å²) in [6.45, 7) is -0.605. The zero-order valence-electron chi connectivity index (χ0n) is 14.1. The Labute approximate surface area is 151 Å². The number of methoxy groups -OCH3 is 1. The van der Waals surface area contributed by atoms with Gasteiger partial charge >= 0.3 is 6.55 Å². The maximum atomic E-state index is 13.0. The molecule has 0 N–H and O–H groups in total. The molecule has 1 aromatic carbocycles. The predicted octanol–water partition coefficient (Wildman–Crippen LogP) is 4.08. The number of halogens is 2. The molecule has 0 aliphatic rings. The molecule has 3 aromatic heterocycles. The Morgan fingerprint density at radius 1 is 1.23 bits per heavy atom. The summed E-state index contributed by atoms with van der Waals surface area (Å²) >= 11 is 1.31. The number of benzene rings is 1. The molecule has 0 amide bonds. The molecule has 0 atom stereocenters. The Kier molecular flexibility index (Phi) is 4.23. The first-order valence-corrected chi connectivity index (χ1v) is 8.82. The molecule has 0 aliphatic carbocycles. The summed E-state index contributed by atoms with van der Waals surface area (Å²) in [4.78, 5) is 4.01. The van der Waals surface area contributed by atoms with Crippen LogP contribution in [0.2, 0.25) is 0 Å². The molecule has 0 bridgehead atoms. The van der Waals surface area contributed by atoms with Crippen molar-refractivity contribution in [1.29, 1.82) is 0 Å². The van der Waals surface area contributed by atoms with Crippen LogP contribution in [0.5, 0.6) is 5.75 Å². The van der Waals surface area contributed by atoms with Gasteiger partial charge in [-0.3, -0.25) is 8.97 Å². The summed E-state index contributed by atoms with van der Waals surface area (Å²) in [5, 5.41) is 10.1. The topological polar surface area (TPSA) is 57.2 Å². The number of hydrogen-bond acceptors (Lipinski definition) is 5. The lowest BCUT2D eigenvalue weighted by molar-refractivity contribution is 0.0678. The molecule has 0 unspecified atom stereocenters. The number of nitrogens with zero attached hydrogens (tertiary/aromatic N) is 5. The zero-order valence-corrected chi connectivity index (χ0v) is 14.9. The van der Waals surface area contributed by atoms with Crippen molar-refractivity contribution in [3.8, 4) is 5.75 Å². The van der Waals surface area contributed by atoms with Gasteiger partial charge in [0.15, 0.2) is 10.8 Å². The van der Waals surface area contributed by atoms with Gasteiger partial charge in [0, 0.05) is 23.8 Å². The molecule has 0 radical (unpaired) electrons. The number of thioether (sulfide) groups is 1. The van der Waals surface area contributed by atoms with E-state index < -0.39 is 6.55 Å². The van der Waals surface area contributed by atoms with E-state index in [2.05, 4.69) is 15.2 Å². The third-order valence-electron chi connectivity index (χ3n) is 4.16. The molecule has 0 saturated heterocycles. The van der Waals surface area contributed by atoms with Crippen LogP contribution in [0.4, 0.5) is 8.78 Å². The van der Waals surface area contributed by atoms with E-state index in [9.17, 15) is 8.78 Å². The third kappa shape index (κ3) is 2.78. The van der Waals surface area contributed by atoms with Crippen LogP contribution in [0.25, 0.3) is 16.6 Å². The van der Waals surface area contributed by atoms with Crippen molar-refractivity contribution in [3.63, 3.8) is 0 Å².